The van der Waals surface area contributed by atoms with Gasteiger partial charge in [-0.3, -0.25) is 4.79 Å². The summed E-state index contributed by atoms with van der Waals surface area (Å²) < 4.78 is 0. The number of carbonyl (C=O) groups is 2. The second kappa shape index (κ2) is 6.61. The van der Waals surface area contributed by atoms with E-state index < -0.39 is 11.5 Å². The van der Waals surface area contributed by atoms with Crippen LogP contribution in [0, 0.1) is 0 Å². The lowest BCUT2D eigenvalue weighted by atomic mass is 10.0. The molecule has 0 atom stereocenters. The summed E-state index contributed by atoms with van der Waals surface area (Å²) >= 11 is 6.04. The van der Waals surface area contributed by atoms with Gasteiger partial charge in [0, 0.05) is 24.2 Å². The lowest BCUT2D eigenvalue weighted by molar-refractivity contribution is -0.138. The van der Waals surface area contributed by atoms with Gasteiger partial charge in [0.2, 0.25) is 0 Å². The van der Waals surface area contributed by atoms with E-state index in [2.05, 4.69) is 5.32 Å². The fraction of sp³-hybridized carbons (Fsp3) is 0.429. The molecule has 2 N–H and O–H groups in total. The van der Waals surface area contributed by atoms with Gasteiger partial charge in [0.1, 0.15) is 0 Å². The smallest absolute Gasteiger partial charge is 0.317 e. The molecule has 110 valence electrons. The molecule has 6 heteroatoms. The molecule has 0 saturated heterocycles. The zero-order chi connectivity index (χ0) is 15.3. The molecule has 0 radical (unpaired) electrons. The van der Waals surface area contributed by atoms with Gasteiger partial charge in [0.15, 0.2) is 0 Å². The van der Waals surface area contributed by atoms with Gasteiger partial charge in [-0.15, -0.1) is 0 Å². The molecule has 0 heterocycles. The van der Waals surface area contributed by atoms with Crippen LogP contribution in [0.3, 0.4) is 0 Å². The molecule has 0 unspecified atom stereocenters. The van der Waals surface area contributed by atoms with Crippen molar-refractivity contribution < 1.29 is 14.7 Å². The number of benzene rings is 1. The van der Waals surface area contributed by atoms with Gasteiger partial charge in [-0.2, -0.15) is 0 Å². The van der Waals surface area contributed by atoms with Crippen molar-refractivity contribution in [3.63, 3.8) is 0 Å². The molecule has 0 fully saturated rings. The Morgan fingerprint density at radius 2 is 1.95 bits per heavy atom. The fourth-order valence-electron chi connectivity index (χ4n) is 1.76. The second-order valence-electron chi connectivity index (χ2n) is 5.33. The highest BCUT2D eigenvalue weighted by atomic mass is 35.5. The highest BCUT2D eigenvalue weighted by Crippen LogP contribution is 2.17. The first-order chi connectivity index (χ1) is 9.21. The first-order valence-corrected chi connectivity index (χ1v) is 6.57. The summed E-state index contributed by atoms with van der Waals surface area (Å²) in [5.74, 6) is -0.955. The van der Waals surface area contributed by atoms with Gasteiger partial charge in [0.05, 0.1) is 6.42 Å². The van der Waals surface area contributed by atoms with E-state index in [-0.39, 0.29) is 12.5 Å². The standard InChI is InChI=1S/C14H19ClN2O3/c1-14(2,8-12(18)19)16-13(20)17(3)9-10-6-4-5-7-11(10)15/h4-7H,8-9H2,1-3H3,(H,16,20)(H,18,19). The molecule has 20 heavy (non-hydrogen) atoms. The summed E-state index contributed by atoms with van der Waals surface area (Å²) in [6.07, 6.45) is -0.140. The minimum absolute atomic E-state index is 0.140. The van der Waals surface area contributed by atoms with E-state index in [1.165, 1.54) is 4.90 Å². The van der Waals surface area contributed by atoms with E-state index in [0.717, 1.165) is 5.56 Å². The quantitative estimate of drug-likeness (QED) is 0.878. The molecule has 0 aliphatic carbocycles. The predicted octanol–water partition coefficient (Wildman–Crippen LogP) is 2.73. The molecule has 2 amide bonds. The van der Waals surface area contributed by atoms with E-state index in [1.807, 2.05) is 18.2 Å². The van der Waals surface area contributed by atoms with Crippen molar-refractivity contribution in [2.75, 3.05) is 7.05 Å². The van der Waals surface area contributed by atoms with Gasteiger partial charge in [0.25, 0.3) is 0 Å². The monoisotopic (exact) mass is 298 g/mol. The number of carboxylic acid groups (broad SMARTS) is 1. The van der Waals surface area contributed by atoms with Gasteiger partial charge in [-0.05, 0) is 25.5 Å². The molecule has 0 aliphatic rings. The third-order valence-corrected chi connectivity index (χ3v) is 3.12. The van der Waals surface area contributed by atoms with Crippen molar-refractivity contribution in [1.29, 1.82) is 0 Å². The van der Waals surface area contributed by atoms with E-state index in [1.54, 1.807) is 27.0 Å². The van der Waals surface area contributed by atoms with Crippen LogP contribution in [0.1, 0.15) is 25.8 Å². The first-order valence-electron chi connectivity index (χ1n) is 6.20. The van der Waals surface area contributed by atoms with Gasteiger partial charge >= 0.3 is 12.0 Å². The maximum absolute atomic E-state index is 12.0. The predicted molar refractivity (Wildman–Crippen MR) is 77.8 cm³/mol. The molecule has 1 aromatic carbocycles. The molecule has 0 spiro atoms. The number of rotatable bonds is 5. The van der Waals surface area contributed by atoms with Crippen LogP contribution in [-0.2, 0) is 11.3 Å². The molecule has 1 rings (SSSR count). The van der Waals surface area contributed by atoms with Gasteiger partial charge < -0.3 is 15.3 Å². The van der Waals surface area contributed by atoms with Crippen LogP contribution < -0.4 is 5.32 Å². The summed E-state index contributed by atoms with van der Waals surface area (Å²) in [7, 11) is 1.63. The van der Waals surface area contributed by atoms with Crippen LogP contribution in [0.2, 0.25) is 5.02 Å². The number of hydrogen-bond donors (Lipinski definition) is 2. The lowest BCUT2D eigenvalue weighted by Gasteiger charge is -2.28. The SMILES string of the molecule is CN(Cc1ccccc1Cl)C(=O)NC(C)(C)CC(=O)O. The zero-order valence-corrected chi connectivity index (χ0v) is 12.6. The Labute approximate surface area is 123 Å². The molecule has 1 aromatic rings. The molecular weight excluding hydrogens is 280 g/mol. The Balaban J connectivity index is 2.64. The minimum Gasteiger partial charge on any atom is -0.481 e. The molecule has 0 saturated carbocycles. The largest absolute Gasteiger partial charge is 0.481 e. The van der Waals surface area contributed by atoms with Gasteiger partial charge in [-0.25, -0.2) is 4.79 Å². The van der Waals surface area contributed by atoms with E-state index >= 15 is 0 Å². The van der Waals surface area contributed by atoms with E-state index in [9.17, 15) is 9.59 Å². The topological polar surface area (TPSA) is 69.6 Å². The summed E-state index contributed by atoms with van der Waals surface area (Å²) in [5.41, 5.74) is 0.0281. The van der Waals surface area contributed by atoms with Crippen molar-refractivity contribution >= 4 is 23.6 Å². The fourth-order valence-corrected chi connectivity index (χ4v) is 1.96. The Hall–Kier alpha value is -1.75. The second-order valence-corrected chi connectivity index (χ2v) is 5.74. The number of hydrogen-bond acceptors (Lipinski definition) is 2. The van der Waals surface area contributed by atoms with E-state index in [4.69, 9.17) is 16.7 Å². The zero-order valence-electron chi connectivity index (χ0n) is 11.8. The lowest BCUT2D eigenvalue weighted by Crippen LogP contribution is -2.49. The number of halogens is 1. The Bertz CT molecular complexity index is 503. The Kier molecular flexibility index (Phi) is 5.39. The average molecular weight is 299 g/mol. The van der Waals surface area contributed by atoms with Crippen molar-refractivity contribution in [3.05, 3.63) is 34.9 Å². The number of nitrogens with zero attached hydrogens (tertiary/aromatic N) is 1. The van der Waals surface area contributed by atoms with Crippen LogP contribution >= 0.6 is 11.6 Å². The van der Waals surface area contributed by atoms with Crippen molar-refractivity contribution in [3.8, 4) is 0 Å². The van der Waals surface area contributed by atoms with Crippen molar-refractivity contribution in [2.45, 2.75) is 32.4 Å². The van der Waals surface area contributed by atoms with Crippen LogP contribution in [0.15, 0.2) is 24.3 Å². The summed E-state index contributed by atoms with van der Waals surface area (Å²) in [6.45, 7) is 3.69. The normalized spacial score (nSPS) is 11.0. The summed E-state index contributed by atoms with van der Waals surface area (Å²) in [6, 6.07) is 6.94. The molecule has 0 aliphatic heterocycles. The number of carboxylic acids is 1. The maximum Gasteiger partial charge on any atom is 0.317 e. The molecule has 0 bridgehead atoms. The maximum atomic E-state index is 12.0. The van der Waals surface area contributed by atoms with Crippen molar-refractivity contribution in [2.24, 2.45) is 0 Å². The number of urea groups is 1. The number of aliphatic carboxylic acids is 1. The molecular formula is C14H19ClN2O3. The van der Waals surface area contributed by atoms with E-state index in [0.29, 0.717) is 11.6 Å². The van der Waals surface area contributed by atoms with Crippen LogP contribution in [0.4, 0.5) is 4.79 Å². The first kappa shape index (κ1) is 16.3. The van der Waals surface area contributed by atoms with Crippen molar-refractivity contribution in [1.82, 2.24) is 10.2 Å². The number of amides is 2. The van der Waals surface area contributed by atoms with Crippen LogP contribution in [0.25, 0.3) is 0 Å². The third-order valence-electron chi connectivity index (χ3n) is 2.75. The number of carbonyl (C=O) groups excluding carboxylic acids is 1. The Morgan fingerprint density at radius 3 is 2.50 bits per heavy atom. The molecule has 0 aromatic heterocycles. The minimum atomic E-state index is -0.955. The Morgan fingerprint density at radius 1 is 1.35 bits per heavy atom. The van der Waals surface area contributed by atoms with Gasteiger partial charge in [-0.1, -0.05) is 29.8 Å². The summed E-state index contributed by atoms with van der Waals surface area (Å²) in [4.78, 5) is 24.2. The number of nitrogens with one attached hydrogen (secondary N) is 1. The summed E-state index contributed by atoms with van der Waals surface area (Å²) in [5, 5.41) is 12.1. The van der Waals surface area contributed by atoms with Crippen LogP contribution in [0.5, 0.6) is 0 Å². The highest BCUT2D eigenvalue weighted by molar-refractivity contribution is 6.31. The average Bonchev–Trinajstić information content (AvgIpc) is 2.29. The highest BCUT2D eigenvalue weighted by Gasteiger charge is 2.25. The molecule has 5 nitrogen and oxygen atoms in total. The van der Waals surface area contributed by atoms with Crippen LogP contribution in [-0.4, -0.2) is 34.6 Å². The third kappa shape index (κ3) is 5.09.